The first kappa shape index (κ1) is 20.5. The maximum absolute atomic E-state index is 12.7. The van der Waals surface area contributed by atoms with Gasteiger partial charge in [-0.3, -0.25) is 14.6 Å². The topological polar surface area (TPSA) is 110 Å². The minimum Gasteiger partial charge on any atom is -0.310 e. The first-order valence-corrected chi connectivity index (χ1v) is 10.0. The van der Waals surface area contributed by atoms with Gasteiger partial charge in [-0.25, -0.2) is 4.68 Å². The van der Waals surface area contributed by atoms with Gasteiger partial charge in [-0.15, -0.1) is 0 Å². The molecule has 9 heteroatoms. The molecule has 1 aromatic carbocycles. The van der Waals surface area contributed by atoms with Crippen molar-refractivity contribution >= 4 is 22.8 Å². The first-order chi connectivity index (χ1) is 14.6. The Kier molecular flexibility index (Phi) is 4.96. The van der Waals surface area contributed by atoms with Gasteiger partial charge < -0.3 is 5.32 Å². The number of nitrogens with zero attached hydrogens (tertiary/aromatic N) is 5. The number of H-pyrrole nitrogens is 1. The van der Waals surface area contributed by atoms with E-state index in [1.165, 1.54) is 10.9 Å². The molecule has 0 spiro atoms. The molecule has 0 saturated carbocycles. The summed E-state index contributed by atoms with van der Waals surface area (Å²) in [6.07, 6.45) is 1.84. The van der Waals surface area contributed by atoms with Crippen LogP contribution in [0.4, 0.5) is 5.82 Å². The second kappa shape index (κ2) is 7.50. The molecule has 2 N–H and O–H groups in total. The highest BCUT2D eigenvalue weighted by molar-refractivity contribution is 5.90. The fourth-order valence-electron chi connectivity index (χ4n) is 3.30. The average molecular weight is 419 g/mol. The number of benzene rings is 1. The van der Waals surface area contributed by atoms with Crippen molar-refractivity contribution in [2.24, 2.45) is 5.41 Å². The minimum absolute atomic E-state index is 0.137. The van der Waals surface area contributed by atoms with E-state index >= 15 is 0 Å². The molecule has 3 heterocycles. The number of amides is 1. The number of aromatic nitrogens is 6. The Labute approximate surface area is 179 Å². The third-order valence-electron chi connectivity index (χ3n) is 4.69. The zero-order valence-corrected chi connectivity index (χ0v) is 18.2. The van der Waals surface area contributed by atoms with E-state index in [1.807, 2.05) is 58.9 Å². The van der Waals surface area contributed by atoms with Crippen LogP contribution >= 0.6 is 0 Å². The van der Waals surface area contributed by atoms with Gasteiger partial charge in [0.1, 0.15) is 11.2 Å². The molecule has 0 bridgehead atoms. The van der Waals surface area contributed by atoms with Crippen molar-refractivity contribution < 1.29 is 4.79 Å². The van der Waals surface area contributed by atoms with Gasteiger partial charge >= 0.3 is 0 Å². The number of carbonyl (C=O) groups excluding carboxylic acids is 1. The summed E-state index contributed by atoms with van der Waals surface area (Å²) in [4.78, 5) is 32.5. The summed E-state index contributed by atoms with van der Waals surface area (Å²) in [5.74, 6) is 0.503. The lowest BCUT2D eigenvalue weighted by Gasteiger charge is -2.17. The van der Waals surface area contributed by atoms with Crippen LogP contribution < -0.4 is 10.9 Å². The summed E-state index contributed by atoms with van der Waals surface area (Å²) in [6.45, 7) is 9.79. The van der Waals surface area contributed by atoms with Crippen LogP contribution in [0.3, 0.4) is 0 Å². The van der Waals surface area contributed by atoms with E-state index in [9.17, 15) is 9.59 Å². The van der Waals surface area contributed by atoms with Gasteiger partial charge in [0.05, 0.1) is 17.6 Å². The zero-order valence-electron chi connectivity index (χ0n) is 18.2. The van der Waals surface area contributed by atoms with Gasteiger partial charge in [-0.2, -0.15) is 19.9 Å². The molecule has 0 aliphatic rings. The lowest BCUT2D eigenvalue weighted by Crippen LogP contribution is -2.22. The summed E-state index contributed by atoms with van der Waals surface area (Å²) in [7, 11) is 0. The second-order valence-electron chi connectivity index (χ2n) is 8.89. The van der Waals surface area contributed by atoms with Crippen LogP contribution in [-0.4, -0.2) is 35.4 Å². The van der Waals surface area contributed by atoms with E-state index < -0.39 is 0 Å². The molecule has 0 unspecified atom stereocenters. The Morgan fingerprint density at radius 1 is 1.13 bits per heavy atom. The predicted molar refractivity (Wildman–Crippen MR) is 119 cm³/mol. The Morgan fingerprint density at radius 2 is 1.84 bits per heavy atom. The van der Waals surface area contributed by atoms with Gasteiger partial charge in [0.25, 0.3) is 5.56 Å². The van der Waals surface area contributed by atoms with E-state index in [4.69, 9.17) is 0 Å². The van der Waals surface area contributed by atoms with E-state index in [1.54, 1.807) is 10.7 Å². The van der Waals surface area contributed by atoms with Gasteiger partial charge in [0.2, 0.25) is 11.9 Å². The number of fused-ring (bicyclic) bond motifs is 1. The second-order valence-corrected chi connectivity index (χ2v) is 8.89. The normalized spacial score (nSPS) is 11.8. The molecule has 0 aliphatic heterocycles. The standard InChI is InChI=1S/C22H25N7O2/c1-13-6-8-15(9-7-13)28-19-16(12-23-28)20(31)26-21(25-19)29-17(10-14(2)27-29)24-18(30)11-22(3,4)5/h6-10,12H,11H2,1-5H3,(H,24,30)(H,25,26,31). The van der Waals surface area contributed by atoms with Gasteiger partial charge in [-0.05, 0) is 31.4 Å². The Balaban J connectivity index is 1.79. The number of rotatable bonds is 4. The lowest BCUT2D eigenvalue weighted by molar-refractivity contribution is -0.117. The van der Waals surface area contributed by atoms with Gasteiger partial charge in [0, 0.05) is 12.5 Å². The number of aromatic amines is 1. The molecule has 0 fully saturated rings. The summed E-state index contributed by atoms with van der Waals surface area (Å²) >= 11 is 0. The quantitative estimate of drug-likeness (QED) is 0.527. The van der Waals surface area contributed by atoms with Crippen molar-refractivity contribution in [3.8, 4) is 11.6 Å². The predicted octanol–water partition coefficient (Wildman–Crippen LogP) is 3.29. The smallest absolute Gasteiger partial charge is 0.263 e. The average Bonchev–Trinajstić information content (AvgIpc) is 3.24. The minimum atomic E-state index is -0.335. The molecule has 4 aromatic rings. The molecular formula is C22H25N7O2. The SMILES string of the molecule is Cc1ccc(-n2ncc3c(=O)[nH]c(-n4nc(C)cc4NC(=O)CC(C)(C)C)nc32)cc1. The van der Waals surface area contributed by atoms with Crippen LogP contribution in [0.2, 0.25) is 0 Å². The molecule has 0 atom stereocenters. The van der Waals surface area contributed by atoms with Crippen molar-refractivity contribution in [1.82, 2.24) is 29.5 Å². The Morgan fingerprint density at radius 3 is 2.52 bits per heavy atom. The summed E-state index contributed by atoms with van der Waals surface area (Å²) in [6, 6.07) is 9.51. The summed E-state index contributed by atoms with van der Waals surface area (Å²) < 4.78 is 3.05. The summed E-state index contributed by atoms with van der Waals surface area (Å²) in [5.41, 5.74) is 2.51. The van der Waals surface area contributed by atoms with Crippen LogP contribution in [0.1, 0.15) is 38.4 Å². The molecule has 9 nitrogen and oxygen atoms in total. The van der Waals surface area contributed by atoms with E-state index in [-0.39, 0.29) is 22.8 Å². The van der Waals surface area contributed by atoms with Crippen LogP contribution in [0, 0.1) is 19.3 Å². The molecular weight excluding hydrogens is 394 g/mol. The van der Waals surface area contributed by atoms with Crippen LogP contribution in [0.5, 0.6) is 0 Å². The highest BCUT2D eigenvalue weighted by Crippen LogP contribution is 2.21. The maximum atomic E-state index is 12.7. The van der Waals surface area contributed by atoms with Crippen LogP contribution in [0.15, 0.2) is 41.3 Å². The van der Waals surface area contributed by atoms with Crippen molar-refractivity contribution in [1.29, 1.82) is 0 Å². The third-order valence-corrected chi connectivity index (χ3v) is 4.69. The molecule has 1 amide bonds. The number of hydrogen-bond donors (Lipinski definition) is 2. The monoisotopic (exact) mass is 419 g/mol. The van der Waals surface area contributed by atoms with Crippen molar-refractivity contribution in [3.63, 3.8) is 0 Å². The fourth-order valence-corrected chi connectivity index (χ4v) is 3.30. The van der Waals surface area contributed by atoms with Gasteiger partial charge in [-0.1, -0.05) is 38.5 Å². The van der Waals surface area contributed by atoms with Crippen molar-refractivity contribution in [2.45, 2.75) is 41.0 Å². The maximum Gasteiger partial charge on any atom is 0.263 e. The zero-order chi connectivity index (χ0) is 22.3. The largest absolute Gasteiger partial charge is 0.310 e. The van der Waals surface area contributed by atoms with E-state index in [0.29, 0.717) is 29.0 Å². The molecule has 0 saturated heterocycles. The first-order valence-electron chi connectivity index (χ1n) is 10.0. The van der Waals surface area contributed by atoms with Gasteiger partial charge in [0.15, 0.2) is 5.65 Å². The van der Waals surface area contributed by atoms with Crippen LogP contribution in [-0.2, 0) is 4.79 Å². The number of aryl methyl sites for hydroxylation is 2. The highest BCUT2D eigenvalue weighted by Gasteiger charge is 2.20. The number of hydrogen-bond acceptors (Lipinski definition) is 5. The van der Waals surface area contributed by atoms with Crippen LogP contribution in [0.25, 0.3) is 22.7 Å². The van der Waals surface area contributed by atoms with Crippen molar-refractivity contribution in [3.05, 3.63) is 58.1 Å². The molecule has 3 aromatic heterocycles. The molecule has 0 radical (unpaired) electrons. The summed E-state index contributed by atoms with van der Waals surface area (Å²) in [5, 5.41) is 12.0. The van der Waals surface area contributed by atoms with E-state index in [2.05, 4.69) is 25.5 Å². The number of nitrogens with one attached hydrogen (secondary N) is 2. The Hall–Kier alpha value is -3.75. The third kappa shape index (κ3) is 4.25. The highest BCUT2D eigenvalue weighted by atomic mass is 16.1. The molecule has 4 rings (SSSR count). The van der Waals surface area contributed by atoms with E-state index in [0.717, 1.165) is 11.3 Å². The molecule has 0 aliphatic carbocycles. The molecule has 160 valence electrons. The molecule has 31 heavy (non-hydrogen) atoms. The number of carbonyl (C=O) groups is 1. The Bertz CT molecular complexity index is 1320. The number of anilines is 1. The fraction of sp³-hybridized carbons (Fsp3) is 0.318. The van der Waals surface area contributed by atoms with Crippen molar-refractivity contribution in [2.75, 3.05) is 5.32 Å². The lowest BCUT2D eigenvalue weighted by atomic mass is 9.92.